The Morgan fingerprint density at radius 1 is 1.50 bits per heavy atom. The van der Waals surface area contributed by atoms with E-state index in [-0.39, 0.29) is 5.91 Å². The Kier molecular flexibility index (Phi) is 4.01. The molecular formula is C12H14N4O2. The van der Waals surface area contributed by atoms with Crippen molar-refractivity contribution in [3.8, 4) is 0 Å². The van der Waals surface area contributed by atoms with Crippen LogP contribution in [0.4, 0.5) is 5.69 Å². The van der Waals surface area contributed by atoms with E-state index in [4.69, 9.17) is 4.52 Å². The van der Waals surface area contributed by atoms with E-state index in [1.807, 2.05) is 0 Å². The molecule has 1 amide bonds. The predicted octanol–water partition coefficient (Wildman–Crippen LogP) is 1.73. The molecule has 0 spiro atoms. The summed E-state index contributed by atoms with van der Waals surface area (Å²) >= 11 is 0. The average Bonchev–Trinajstić information content (AvgIpc) is 2.76. The lowest BCUT2D eigenvalue weighted by Gasteiger charge is -2.03. The van der Waals surface area contributed by atoms with E-state index in [2.05, 4.69) is 20.4 Å². The topological polar surface area (TPSA) is 80.9 Å². The Hall–Kier alpha value is -2.24. The van der Waals surface area contributed by atoms with Crippen molar-refractivity contribution in [3.05, 3.63) is 36.2 Å². The van der Waals surface area contributed by atoms with Gasteiger partial charge in [0.15, 0.2) is 5.82 Å². The first-order valence-electron chi connectivity index (χ1n) is 5.73. The highest BCUT2D eigenvalue weighted by Gasteiger charge is 2.06. The van der Waals surface area contributed by atoms with E-state index >= 15 is 0 Å². The van der Waals surface area contributed by atoms with Gasteiger partial charge in [0.2, 0.25) is 11.8 Å². The molecule has 0 saturated carbocycles. The van der Waals surface area contributed by atoms with Gasteiger partial charge < -0.3 is 9.84 Å². The van der Waals surface area contributed by atoms with Gasteiger partial charge in [-0.3, -0.25) is 9.78 Å². The molecule has 2 heterocycles. The molecule has 0 aliphatic rings. The number of pyridine rings is 1. The largest absolute Gasteiger partial charge is 0.339 e. The van der Waals surface area contributed by atoms with E-state index < -0.39 is 0 Å². The van der Waals surface area contributed by atoms with Crippen LogP contribution < -0.4 is 5.32 Å². The van der Waals surface area contributed by atoms with E-state index in [0.717, 1.165) is 0 Å². The Morgan fingerprint density at radius 2 is 2.39 bits per heavy atom. The Balaban J connectivity index is 1.72. The number of aryl methyl sites for hydroxylation is 2. The van der Waals surface area contributed by atoms with Crippen LogP contribution in [0.2, 0.25) is 0 Å². The number of nitrogens with zero attached hydrogens (tertiary/aromatic N) is 3. The second-order valence-corrected chi connectivity index (χ2v) is 3.88. The second-order valence-electron chi connectivity index (χ2n) is 3.88. The molecule has 2 aromatic heterocycles. The summed E-state index contributed by atoms with van der Waals surface area (Å²) in [5.41, 5.74) is 0.705. The molecule has 0 aliphatic heterocycles. The van der Waals surface area contributed by atoms with Crippen molar-refractivity contribution >= 4 is 11.6 Å². The number of carbonyl (C=O) groups excluding carboxylic acids is 1. The summed E-state index contributed by atoms with van der Waals surface area (Å²) in [7, 11) is 0. The molecule has 94 valence electrons. The van der Waals surface area contributed by atoms with Gasteiger partial charge >= 0.3 is 0 Å². The molecule has 6 heteroatoms. The number of anilines is 1. The number of amides is 1. The number of hydrogen-bond acceptors (Lipinski definition) is 5. The highest BCUT2D eigenvalue weighted by atomic mass is 16.5. The van der Waals surface area contributed by atoms with Gasteiger partial charge in [0.25, 0.3) is 0 Å². The van der Waals surface area contributed by atoms with Crippen molar-refractivity contribution in [3.63, 3.8) is 0 Å². The molecule has 0 radical (unpaired) electrons. The van der Waals surface area contributed by atoms with Crippen LogP contribution in [0.25, 0.3) is 0 Å². The van der Waals surface area contributed by atoms with E-state index in [1.54, 1.807) is 31.5 Å². The maximum Gasteiger partial charge on any atom is 0.226 e. The molecule has 0 fully saturated rings. The first-order valence-corrected chi connectivity index (χ1v) is 5.73. The van der Waals surface area contributed by atoms with Gasteiger partial charge in [-0.05, 0) is 25.5 Å². The Morgan fingerprint density at radius 3 is 3.06 bits per heavy atom. The summed E-state index contributed by atoms with van der Waals surface area (Å²) in [5.74, 6) is 1.14. The van der Waals surface area contributed by atoms with E-state index in [9.17, 15) is 4.79 Å². The fourth-order valence-electron chi connectivity index (χ4n) is 1.50. The molecule has 1 N–H and O–H groups in total. The fraction of sp³-hybridized carbons (Fsp3) is 0.333. The number of hydrogen-bond donors (Lipinski definition) is 1. The lowest BCUT2D eigenvalue weighted by molar-refractivity contribution is -0.116. The van der Waals surface area contributed by atoms with Crippen LogP contribution in [0, 0.1) is 6.92 Å². The lowest BCUT2D eigenvalue weighted by atomic mass is 10.2. The molecule has 18 heavy (non-hydrogen) atoms. The van der Waals surface area contributed by atoms with Gasteiger partial charge in [0, 0.05) is 19.0 Å². The highest BCUT2D eigenvalue weighted by Crippen LogP contribution is 2.06. The van der Waals surface area contributed by atoms with Crippen molar-refractivity contribution in [2.75, 3.05) is 5.32 Å². The average molecular weight is 246 g/mol. The normalized spacial score (nSPS) is 10.3. The molecule has 0 aliphatic carbocycles. The van der Waals surface area contributed by atoms with E-state index in [0.29, 0.717) is 36.7 Å². The molecule has 0 aromatic carbocycles. The van der Waals surface area contributed by atoms with Crippen molar-refractivity contribution < 1.29 is 9.32 Å². The van der Waals surface area contributed by atoms with Crippen LogP contribution in [-0.4, -0.2) is 21.0 Å². The van der Waals surface area contributed by atoms with Crippen LogP contribution in [0.5, 0.6) is 0 Å². The van der Waals surface area contributed by atoms with Crippen molar-refractivity contribution in [2.24, 2.45) is 0 Å². The number of rotatable bonds is 5. The van der Waals surface area contributed by atoms with Crippen LogP contribution in [0.1, 0.15) is 24.6 Å². The van der Waals surface area contributed by atoms with Gasteiger partial charge in [-0.1, -0.05) is 5.16 Å². The van der Waals surface area contributed by atoms with E-state index in [1.165, 1.54) is 0 Å². The molecule has 0 unspecified atom stereocenters. The van der Waals surface area contributed by atoms with Crippen molar-refractivity contribution in [1.82, 2.24) is 15.1 Å². The van der Waals surface area contributed by atoms with Gasteiger partial charge in [-0.2, -0.15) is 4.98 Å². The number of carbonyl (C=O) groups is 1. The van der Waals surface area contributed by atoms with Gasteiger partial charge in [0.05, 0.1) is 11.9 Å². The van der Waals surface area contributed by atoms with Crippen LogP contribution in [0.3, 0.4) is 0 Å². The zero-order chi connectivity index (χ0) is 12.8. The minimum Gasteiger partial charge on any atom is -0.339 e. The minimum atomic E-state index is -0.0424. The molecule has 0 bridgehead atoms. The minimum absolute atomic E-state index is 0.0424. The maximum atomic E-state index is 11.6. The van der Waals surface area contributed by atoms with Gasteiger partial charge in [0.1, 0.15) is 0 Å². The SMILES string of the molecule is Cc1noc(CCCC(=O)Nc2cccnc2)n1. The summed E-state index contributed by atoms with van der Waals surface area (Å²) in [4.78, 5) is 19.6. The first kappa shape index (κ1) is 12.2. The molecular weight excluding hydrogens is 232 g/mol. The van der Waals surface area contributed by atoms with Gasteiger partial charge in [-0.15, -0.1) is 0 Å². The summed E-state index contributed by atoms with van der Waals surface area (Å²) in [6.45, 7) is 1.77. The van der Waals surface area contributed by atoms with Crippen molar-refractivity contribution in [2.45, 2.75) is 26.2 Å². The third-order valence-corrected chi connectivity index (χ3v) is 2.31. The third kappa shape index (κ3) is 3.65. The predicted molar refractivity (Wildman–Crippen MR) is 64.8 cm³/mol. The summed E-state index contributed by atoms with van der Waals surface area (Å²) in [6, 6.07) is 3.57. The lowest BCUT2D eigenvalue weighted by Crippen LogP contribution is -2.11. The molecule has 2 rings (SSSR count). The third-order valence-electron chi connectivity index (χ3n) is 2.31. The molecule has 0 atom stereocenters. The molecule has 0 saturated heterocycles. The quantitative estimate of drug-likeness (QED) is 0.868. The maximum absolute atomic E-state index is 11.6. The smallest absolute Gasteiger partial charge is 0.226 e. The molecule has 2 aromatic rings. The summed E-state index contributed by atoms with van der Waals surface area (Å²) in [5, 5.41) is 6.45. The monoisotopic (exact) mass is 246 g/mol. The fourth-order valence-corrected chi connectivity index (χ4v) is 1.50. The number of nitrogens with one attached hydrogen (secondary N) is 1. The van der Waals surface area contributed by atoms with Crippen LogP contribution in [0.15, 0.2) is 29.0 Å². The van der Waals surface area contributed by atoms with Crippen LogP contribution in [-0.2, 0) is 11.2 Å². The highest BCUT2D eigenvalue weighted by molar-refractivity contribution is 5.90. The van der Waals surface area contributed by atoms with Gasteiger partial charge in [-0.25, -0.2) is 0 Å². The van der Waals surface area contributed by atoms with Crippen molar-refractivity contribution in [1.29, 1.82) is 0 Å². The Labute approximate surface area is 104 Å². The summed E-state index contributed by atoms with van der Waals surface area (Å²) < 4.78 is 4.96. The standard InChI is InChI=1S/C12H14N4O2/c1-9-14-12(18-16-9)6-2-5-11(17)15-10-4-3-7-13-8-10/h3-4,7-8H,2,5-6H2,1H3,(H,15,17). The zero-order valence-electron chi connectivity index (χ0n) is 10.1. The molecule has 6 nitrogen and oxygen atoms in total. The first-order chi connectivity index (χ1) is 8.74. The van der Waals surface area contributed by atoms with Crippen LogP contribution >= 0.6 is 0 Å². The summed E-state index contributed by atoms with van der Waals surface area (Å²) in [6.07, 6.45) is 4.97. The number of aromatic nitrogens is 3. The Bertz CT molecular complexity index is 510. The second kappa shape index (κ2) is 5.90. The zero-order valence-corrected chi connectivity index (χ0v) is 10.1.